The van der Waals surface area contributed by atoms with Gasteiger partial charge in [-0.1, -0.05) is 18.6 Å². The molecule has 0 bridgehead atoms. The van der Waals surface area contributed by atoms with Gasteiger partial charge in [-0.15, -0.1) is 12.4 Å². The fourth-order valence-corrected chi connectivity index (χ4v) is 3.80. The zero-order valence-corrected chi connectivity index (χ0v) is 15.4. The van der Waals surface area contributed by atoms with E-state index >= 15 is 0 Å². The predicted molar refractivity (Wildman–Crippen MR) is 98.4 cm³/mol. The lowest BCUT2D eigenvalue weighted by Gasteiger charge is -2.45. The van der Waals surface area contributed by atoms with Crippen LogP contribution in [0.2, 0.25) is 0 Å². The van der Waals surface area contributed by atoms with Gasteiger partial charge in [0.1, 0.15) is 5.82 Å². The third-order valence-corrected chi connectivity index (χ3v) is 5.42. The largest absolute Gasteiger partial charge is 0.378 e. The van der Waals surface area contributed by atoms with Crippen molar-refractivity contribution in [3.8, 4) is 0 Å². The number of benzene rings is 1. The molecule has 3 rings (SSSR count). The summed E-state index contributed by atoms with van der Waals surface area (Å²) in [6.07, 6.45) is 5.52. The Morgan fingerprint density at radius 2 is 2.04 bits per heavy atom. The van der Waals surface area contributed by atoms with Crippen LogP contribution in [0.15, 0.2) is 24.3 Å². The van der Waals surface area contributed by atoms with Crippen molar-refractivity contribution in [3.63, 3.8) is 0 Å². The Kier molecular flexibility index (Phi) is 7.23. The van der Waals surface area contributed by atoms with E-state index in [0.29, 0.717) is 13.2 Å². The topological polar surface area (TPSA) is 55.6 Å². The number of carbonyl (C=O) groups is 1. The van der Waals surface area contributed by atoms with Crippen LogP contribution in [-0.2, 0) is 14.9 Å². The van der Waals surface area contributed by atoms with Crippen molar-refractivity contribution >= 4 is 18.3 Å². The van der Waals surface area contributed by atoms with E-state index < -0.39 is 5.41 Å². The van der Waals surface area contributed by atoms with Gasteiger partial charge in [-0.25, -0.2) is 4.39 Å². The quantitative estimate of drug-likeness (QED) is 0.783. The van der Waals surface area contributed by atoms with Gasteiger partial charge < -0.3 is 15.4 Å². The van der Waals surface area contributed by atoms with E-state index in [1.807, 2.05) is 11.0 Å². The number of piperidine rings is 1. The van der Waals surface area contributed by atoms with Crippen molar-refractivity contribution in [2.45, 2.75) is 50.0 Å². The average Bonchev–Trinajstić information content (AvgIpc) is 2.55. The summed E-state index contributed by atoms with van der Waals surface area (Å²) in [5.74, 6) is -0.0988. The molecule has 0 radical (unpaired) electrons. The van der Waals surface area contributed by atoms with Crippen molar-refractivity contribution in [1.82, 2.24) is 4.90 Å². The highest BCUT2D eigenvalue weighted by atomic mass is 35.5. The van der Waals surface area contributed by atoms with E-state index in [2.05, 4.69) is 0 Å². The molecule has 0 aromatic heterocycles. The van der Waals surface area contributed by atoms with Gasteiger partial charge in [0.25, 0.3) is 0 Å². The minimum atomic E-state index is -0.505. The molecule has 1 aliphatic carbocycles. The molecule has 140 valence electrons. The van der Waals surface area contributed by atoms with E-state index in [1.54, 1.807) is 6.07 Å². The Balaban J connectivity index is 0.00000225. The number of amides is 1. The molecular formula is C19H28ClFN2O2. The second kappa shape index (κ2) is 8.97. The van der Waals surface area contributed by atoms with Crippen LogP contribution < -0.4 is 5.73 Å². The van der Waals surface area contributed by atoms with Gasteiger partial charge in [0.05, 0.1) is 11.5 Å². The summed E-state index contributed by atoms with van der Waals surface area (Å²) in [6, 6.07) is 6.56. The monoisotopic (exact) mass is 370 g/mol. The predicted octanol–water partition coefficient (Wildman–Crippen LogP) is 3.03. The summed E-state index contributed by atoms with van der Waals surface area (Å²) in [4.78, 5) is 15.1. The smallest absolute Gasteiger partial charge is 0.233 e. The maximum absolute atomic E-state index is 13.6. The average molecular weight is 371 g/mol. The maximum atomic E-state index is 13.6. The lowest BCUT2D eigenvalue weighted by Crippen LogP contribution is -2.53. The summed E-state index contributed by atoms with van der Waals surface area (Å²) >= 11 is 0. The number of nitrogens with zero attached hydrogens (tertiary/aromatic N) is 1. The van der Waals surface area contributed by atoms with E-state index in [0.717, 1.165) is 57.2 Å². The van der Waals surface area contributed by atoms with E-state index in [-0.39, 0.29) is 30.2 Å². The summed E-state index contributed by atoms with van der Waals surface area (Å²) < 4.78 is 19.4. The molecule has 1 aromatic rings. The Morgan fingerprint density at radius 1 is 1.32 bits per heavy atom. The second-order valence-electron chi connectivity index (χ2n) is 6.95. The van der Waals surface area contributed by atoms with Crippen molar-refractivity contribution in [2.75, 3.05) is 26.2 Å². The number of halogens is 2. The molecule has 1 amide bonds. The van der Waals surface area contributed by atoms with Crippen molar-refractivity contribution < 1.29 is 13.9 Å². The van der Waals surface area contributed by atoms with Crippen LogP contribution in [0.1, 0.15) is 44.1 Å². The minimum absolute atomic E-state index is 0. The van der Waals surface area contributed by atoms with Gasteiger partial charge in [-0.2, -0.15) is 0 Å². The molecule has 0 atom stereocenters. The Hall–Kier alpha value is -1.17. The molecule has 1 heterocycles. The van der Waals surface area contributed by atoms with Crippen LogP contribution in [0, 0.1) is 5.82 Å². The summed E-state index contributed by atoms with van der Waals surface area (Å²) in [7, 11) is 0. The first-order valence-corrected chi connectivity index (χ1v) is 9.03. The molecule has 25 heavy (non-hydrogen) atoms. The molecule has 1 aliphatic heterocycles. The fourth-order valence-electron chi connectivity index (χ4n) is 3.80. The number of hydrogen-bond acceptors (Lipinski definition) is 3. The van der Waals surface area contributed by atoms with Crippen molar-refractivity contribution in [2.24, 2.45) is 5.73 Å². The van der Waals surface area contributed by atoms with Crippen molar-refractivity contribution in [3.05, 3.63) is 35.6 Å². The molecule has 4 nitrogen and oxygen atoms in total. The van der Waals surface area contributed by atoms with Crippen LogP contribution in [0.4, 0.5) is 4.39 Å². The second-order valence-corrected chi connectivity index (χ2v) is 6.95. The molecule has 0 spiro atoms. The van der Waals surface area contributed by atoms with Gasteiger partial charge in [-0.3, -0.25) is 4.79 Å². The molecule has 0 unspecified atom stereocenters. The third-order valence-electron chi connectivity index (χ3n) is 5.42. The van der Waals surface area contributed by atoms with Gasteiger partial charge in [0, 0.05) is 19.7 Å². The summed E-state index contributed by atoms with van der Waals surface area (Å²) in [5, 5.41) is 0. The lowest BCUT2D eigenvalue weighted by molar-refractivity contribution is -0.143. The number of ether oxygens (including phenoxy) is 1. The first kappa shape index (κ1) is 20.1. The molecule has 1 saturated carbocycles. The molecule has 2 aliphatic rings. The van der Waals surface area contributed by atoms with E-state index in [4.69, 9.17) is 10.5 Å². The Labute approximate surface area is 155 Å². The number of likely N-dealkylation sites (tertiary alicyclic amines) is 1. The zero-order valence-electron chi connectivity index (χ0n) is 14.6. The highest BCUT2D eigenvalue weighted by Crippen LogP contribution is 2.45. The summed E-state index contributed by atoms with van der Waals surface area (Å²) in [6.45, 7) is 2.79. The van der Waals surface area contributed by atoms with Gasteiger partial charge in [0.2, 0.25) is 5.91 Å². The number of hydrogen-bond donors (Lipinski definition) is 1. The Bertz CT molecular complexity index is 572. The van der Waals surface area contributed by atoms with Crippen molar-refractivity contribution in [1.29, 1.82) is 0 Å². The Morgan fingerprint density at radius 3 is 2.60 bits per heavy atom. The van der Waals surface area contributed by atoms with Crippen LogP contribution in [-0.4, -0.2) is 43.2 Å². The van der Waals surface area contributed by atoms with Crippen LogP contribution in [0.25, 0.3) is 0 Å². The maximum Gasteiger partial charge on any atom is 0.233 e. The number of rotatable bonds is 6. The third kappa shape index (κ3) is 4.33. The first-order chi connectivity index (χ1) is 11.7. The zero-order chi connectivity index (χ0) is 17.0. The highest BCUT2D eigenvalue weighted by Gasteiger charge is 2.48. The van der Waals surface area contributed by atoms with Crippen LogP contribution >= 0.6 is 12.4 Å². The standard InChI is InChI=1S/C19H27FN2O2.ClH/c20-16-5-1-4-15(14-16)19(8-2-9-19)18(23)22-11-6-17(7-12-22)24-13-3-10-21;/h1,4-5,14,17H,2-3,6-13,21H2;1H. The van der Waals surface area contributed by atoms with Gasteiger partial charge in [-0.05, 0) is 56.3 Å². The summed E-state index contributed by atoms with van der Waals surface area (Å²) in [5.41, 5.74) is 5.81. The number of carbonyl (C=O) groups excluding carboxylic acids is 1. The SMILES string of the molecule is Cl.NCCCOC1CCN(C(=O)C2(c3cccc(F)c3)CCC2)CC1. The normalized spacial score (nSPS) is 19.8. The molecule has 2 fully saturated rings. The minimum Gasteiger partial charge on any atom is -0.378 e. The first-order valence-electron chi connectivity index (χ1n) is 9.03. The molecule has 2 N–H and O–H groups in total. The lowest BCUT2D eigenvalue weighted by atomic mass is 9.63. The van der Waals surface area contributed by atoms with E-state index in [1.165, 1.54) is 12.1 Å². The van der Waals surface area contributed by atoms with Gasteiger partial charge >= 0.3 is 0 Å². The molecule has 6 heteroatoms. The van der Waals surface area contributed by atoms with Crippen LogP contribution in [0.5, 0.6) is 0 Å². The highest BCUT2D eigenvalue weighted by molar-refractivity contribution is 5.89. The molecular weight excluding hydrogens is 343 g/mol. The van der Waals surface area contributed by atoms with Gasteiger partial charge in [0.15, 0.2) is 0 Å². The molecule has 1 aromatic carbocycles. The fraction of sp³-hybridized carbons (Fsp3) is 0.632. The van der Waals surface area contributed by atoms with E-state index in [9.17, 15) is 9.18 Å². The molecule has 1 saturated heterocycles. The van der Waals surface area contributed by atoms with Crippen LogP contribution in [0.3, 0.4) is 0 Å². The number of nitrogens with two attached hydrogens (primary N) is 1.